The van der Waals surface area contributed by atoms with Crippen molar-refractivity contribution in [1.29, 1.82) is 0 Å². The van der Waals surface area contributed by atoms with Gasteiger partial charge in [0.1, 0.15) is 5.58 Å². The molecule has 10 heteroatoms. The number of nitrogens with two attached hydrogens (primary N) is 1. The molecule has 0 amide bonds. The highest BCUT2D eigenvalue weighted by Crippen LogP contribution is 2.34. The third-order valence-corrected chi connectivity index (χ3v) is 10.5. The quantitative estimate of drug-likeness (QED) is 0.222. The molecular formula is C29H24N2O6S2. The van der Waals surface area contributed by atoms with Crippen LogP contribution in [0.2, 0.25) is 0 Å². The molecule has 0 radical (unpaired) electrons. The Hall–Kier alpha value is -4.41. The zero-order chi connectivity index (χ0) is 27.9. The average Bonchev–Trinajstić information content (AvgIpc) is 2.89. The van der Waals surface area contributed by atoms with Crippen molar-refractivity contribution in [3.05, 3.63) is 119 Å². The average molecular weight is 561 g/mol. The van der Waals surface area contributed by atoms with Gasteiger partial charge in [-0.3, -0.25) is 0 Å². The monoisotopic (exact) mass is 560 g/mol. The number of aryl methyl sites for hydroxylation is 2. The lowest BCUT2D eigenvalue weighted by Gasteiger charge is -2.24. The SMILES string of the molecule is Cc1ccc(S(=O)(=O)N(c2ccc3oc(=O)c(-c4ccccc4C)cc3c2)S(=O)(=O)c2ccc(N)cc2)cc1. The number of sulfonamides is 2. The third kappa shape index (κ3) is 4.80. The summed E-state index contributed by atoms with van der Waals surface area (Å²) in [6.07, 6.45) is 0. The lowest BCUT2D eigenvalue weighted by molar-refractivity contribution is 0.563. The van der Waals surface area contributed by atoms with Gasteiger partial charge in [-0.15, -0.1) is 0 Å². The lowest BCUT2D eigenvalue weighted by Crippen LogP contribution is -2.37. The Kier molecular flexibility index (Phi) is 6.53. The second kappa shape index (κ2) is 9.72. The minimum Gasteiger partial charge on any atom is -0.422 e. The smallest absolute Gasteiger partial charge is 0.344 e. The molecule has 0 fully saturated rings. The zero-order valence-electron chi connectivity index (χ0n) is 21.0. The topological polar surface area (TPSA) is 128 Å². The van der Waals surface area contributed by atoms with Crippen molar-refractivity contribution in [3.8, 4) is 11.1 Å². The van der Waals surface area contributed by atoms with Gasteiger partial charge in [0.15, 0.2) is 0 Å². The van der Waals surface area contributed by atoms with Gasteiger partial charge >= 0.3 is 5.63 Å². The van der Waals surface area contributed by atoms with Gasteiger partial charge in [0.05, 0.1) is 21.0 Å². The van der Waals surface area contributed by atoms with E-state index in [4.69, 9.17) is 10.2 Å². The number of benzene rings is 4. The van der Waals surface area contributed by atoms with Crippen LogP contribution in [0.15, 0.2) is 116 Å². The van der Waals surface area contributed by atoms with Crippen LogP contribution >= 0.6 is 0 Å². The first kappa shape index (κ1) is 26.2. The van der Waals surface area contributed by atoms with Crippen LogP contribution in [0.3, 0.4) is 0 Å². The Morgan fingerprint density at radius 2 is 1.28 bits per heavy atom. The molecule has 0 atom stereocenters. The van der Waals surface area contributed by atoms with Crippen molar-refractivity contribution in [2.45, 2.75) is 23.6 Å². The first-order valence-electron chi connectivity index (χ1n) is 11.9. The van der Waals surface area contributed by atoms with Crippen LogP contribution in [0, 0.1) is 13.8 Å². The Morgan fingerprint density at radius 1 is 0.692 bits per heavy atom. The Bertz CT molecular complexity index is 1910. The molecule has 8 nitrogen and oxygen atoms in total. The van der Waals surface area contributed by atoms with Crippen LogP contribution in [-0.4, -0.2) is 16.8 Å². The minimum absolute atomic E-state index is 0.149. The predicted molar refractivity (Wildman–Crippen MR) is 152 cm³/mol. The molecule has 198 valence electrons. The van der Waals surface area contributed by atoms with Crippen molar-refractivity contribution in [2.24, 2.45) is 0 Å². The number of nitrogen functional groups attached to an aromatic ring is 1. The van der Waals surface area contributed by atoms with E-state index in [0.29, 0.717) is 20.3 Å². The second-order valence-electron chi connectivity index (χ2n) is 9.07. The van der Waals surface area contributed by atoms with Crippen molar-refractivity contribution in [2.75, 3.05) is 9.44 Å². The van der Waals surface area contributed by atoms with Gasteiger partial charge in [0.2, 0.25) is 0 Å². The molecule has 0 aliphatic heterocycles. The normalized spacial score (nSPS) is 11.9. The fraction of sp³-hybridized carbons (Fsp3) is 0.0690. The molecule has 1 aromatic heterocycles. The highest BCUT2D eigenvalue weighted by molar-refractivity contribution is 8.10. The summed E-state index contributed by atoms with van der Waals surface area (Å²) in [4.78, 5) is 12.3. The first-order chi connectivity index (χ1) is 18.5. The van der Waals surface area contributed by atoms with Crippen molar-refractivity contribution < 1.29 is 21.3 Å². The summed E-state index contributed by atoms with van der Waals surface area (Å²) < 4.78 is 61.5. The molecule has 0 aliphatic carbocycles. The van der Waals surface area contributed by atoms with E-state index >= 15 is 0 Å². The van der Waals surface area contributed by atoms with E-state index in [-0.39, 0.29) is 26.6 Å². The third-order valence-electron chi connectivity index (χ3n) is 6.30. The maximum atomic E-state index is 13.9. The van der Waals surface area contributed by atoms with Crippen LogP contribution in [0.1, 0.15) is 11.1 Å². The molecule has 5 aromatic rings. The molecule has 5 rings (SSSR count). The summed E-state index contributed by atoms with van der Waals surface area (Å²) in [5, 5.41) is 0.349. The van der Waals surface area contributed by atoms with Gasteiger partial charge in [-0.1, -0.05) is 42.0 Å². The van der Waals surface area contributed by atoms with Crippen molar-refractivity contribution >= 4 is 42.4 Å². The van der Waals surface area contributed by atoms with Crippen LogP contribution in [0.25, 0.3) is 22.1 Å². The number of nitrogens with zero attached hydrogens (tertiary/aromatic N) is 1. The van der Waals surface area contributed by atoms with Crippen molar-refractivity contribution in [3.63, 3.8) is 0 Å². The summed E-state index contributed by atoms with van der Waals surface area (Å²) in [5.74, 6) is 0. The fourth-order valence-electron chi connectivity index (χ4n) is 4.24. The van der Waals surface area contributed by atoms with E-state index in [1.165, 1.54) is 54.6 Å². The maximum Gasteiger partial charge on any atom is 0.344 e. The Labute approximate surface area is 226 Å². The zero-order valence-corrected chi connectivity index (χ0v) is 22.7. The first-order valence-corrected chi connectivity index (χ1v) is 14.7. The highest BCUT2D eigenvalue weighted by Gasteiger charge is 2.37. The van der Waals surface area contributed by atoms with E-state index in [1.807, 2.05) is 19.1 Å². The van der Waals surface area contributed by atoms with E-state index < -0.39 is 25.7 Å². The van der Waals surface area contributed by atoms with Gasteiger partial charge in [-0.25, -0.2) is 21.6 Å². The Balaban J connectivity index is 1.76. The number of rotatable bonds is 6. The molecular weight excluding hydrogens is 536 g/mol. The van der Waals surface area contributed by atoms with Crippen LogP contribution < -0.4 is 15.1 Å². The number of fused-ring (bicyclic) bond motifs is 1. The second-order valence-corrected chi connectivity index (χ2v) is 12.9. The van der Waals surface area contributed by atoms with Gasteiger partial charge in [0, 0.05) is 11.1 Å². The van der Waals surface area contributed by atoms with Gasteiger partial charge in [-0.2, -0.15) is 3.71 Å². The van der Waals surface area contributed by atoms with Crippen LogP contribution in [-0.2, 0) is 20.0 Å². The molecule has 0 saturated carbocycles. The van der Waals surface area contributed by atoms with E-state index in [0.717, 1.165) is 11.1 Å². The maximum absolute atomic E-state index is 13.9. The molecule has 0 saturated heterocycles. The summed E-state index contributed by atoms with van der Waals surface area (Å²) >= 11 is 0. The van der Waals surface area contributed by atoms with Gasteiger partial charge in [0.25, 0.3) is 20.0 Å². The molecule has 0 aliphatic rings. The fourth-order valence-corrected chi connectivity index (χ4v) is 7.91. The van der Waals surface area contributed by atoms with Crippen molar-refractivity contribution in [1.82, 2.24) is 0 Å². The van der Waals surface area contributed by atoms with E-state index in [2.05, 4.69) is 0 Å². The summed E-state index contributed by atoms with van der Waals surface area (Å²) in [5.41, 5.74) is 8.10. The number of anilines is 2. The van der Waals surface area contributed by atoms with Gasteiger partial charge in [-0.05, 0) is 85.6 Å². The molecule has 0 unspecified atom stereocenters. The predicted octanol–water partition coefficient (Wildman–Crippen LogP) is 5.24. The summed E-state index contributed by atoms with van der Waals surface area (Å²) in [6.45, 7) is 3.65. The minimum atomic E-state index is -4.64. The van der Waals surface area contributed by atoms with E-state index in [1.54, 1.807) is 37.3 Å². The molecule has 0 spiro atoms. The molecule has 4 aromatic carbocycles. The van der Waals surface area contributed by atoms with Gasteiger partial charge < -0.3 is 10.2 Å². The lowest BCUT2D eigenvalue weighted by atomic mass is 10.0. The highest BCUT2D eigenvalue weighted by atomic mass is 32.3. The van der Waals surface area contributed by atoms with Crippen LogP contribution in [0.5, 0.6) is 0 Å². The Morgan fingerprint density at radius 3 is 1.90 bits per heavy atom. The van der Waals surface area contributed by atoms with Crippen LogP contribution in [0.4, 0.5) is 11.4 Å². The number of hydrogen-bond donors (Lipinski definition) is 1. The molecule has 2 N–H and O–H groups in total. The largest absolute Gasteiger partial charge is 0.422 e. The molecule has 39 heavy (non-hydrogen) atoms. The summed E-state index contributed by atoms with van der Waals surface area (Å²) in [7, 11) is -9.25. The standard InChI is InChI=1S/C29H24N2O6S2/c1-19-7-12-24(13-8-19)38(33,34)31(39(35,36)25-14-9-22(30)10-15-25)23-11-16-28-21(17-23)18-27(29(32)37-28)26-6-4-3-5-20(26)2/h3-18H,30H2,1-2H3. The van der Waals surface area contributed by atoms with E-state index in [9.17, 15) is 21.6 Å². The molecule has 1 heterocycles. The molecule has 0 bridgehead atoms. The summed E-state index contributed by atoms with van der Waals surface area (Å²) in [6, 6.07) is 24.0. The number of hydrogen-bond acceptors (Lipinski definition) is 7.